The Labute approximate surface area is 119 Å². The van der Waals surface area contributed by atoms with Crippen LogP contribution in [0.5, 0.6) is 0 Å². The Balaban J connectivity index is 2.58. The normalized spacial score (nSPS) is 10.4. The summed E-state index contributed by atoms with van der Waals surface area (Å²) in [5.41, 5.74) is 0.904. The van der Waals surface area contributed by atoms with Crippen molar-refractivity contribution in [1.29, 1.82) is 0 Å². The number of carboxylic acids is 1. The number of rotatable bonds is 6. The first-order valence-corrected chi connectivity index (χ1v) is 6.55. The fourth-order valence-electron chi connectivity index (χ4n) is 1.76. The van der Waals surface area contributed by atoms with Crippen LogP contribution in [0.3, 0.4) is 0 Å². The maximum absolute atomic E-state index is 12.2. The van der Waals surface area contributed by atoms with E-state index < -0.39 is 5.97 Å². The van der Waals surface area contributed by atoms with Crippen LogP contribution in [0, 0.1) is 0 Å². The molecule has 0 aliphatic carbocycles. The van der Waals surface area contributed by atoms with Gasteiger partial charge in [-0.05, 0) is 26.0 Å². The summed E-state index contributed by atoms with van der Waals surface area (Å²) < 4.78 is 0. The van der Waals surface area contributed by atoms with E-state index in [0.29, 0.717) is 13.0 Å². The van der Waals surface area contributed by atoms with Crippen molar-refractivity contribution in [2.75, 3.05) is 20.1 Å². The highest BCUT2D eigenvalue weighted by atomic mass is 16.4. The van der Waals surface area contributed by atoms with Gasteiger partial charge in [-0.15, -0.1) is 0 Å². The number of likely N-dealkylation sites (N-methyl/N-ethyl adjacent to an activating group) is 1. The summed E-state index contributed by atoms with van der Waals surface area (Å²) in [7, 11) is 1.67. The number of nitrogens with zero attached hydrogens (tertiary/aromatic N) is 3. The van der Waals surface area contributed by atoms with E-state index in [1.165, 1.54) is 9.80 Å². The molecule has 0 unspecified atom stereocenters. The molecule has 0 saturated carbocycles. The molecule has 0 aromatic carbocycles. The summed E-state index contributed by atoms with van der Waals surface area (Å²) >= 11 is 0. The minimum atomic E-state index is -1.01. The molecule has 0 atom stereocenters. The topological polar surface area (TPSA) is 73.7 Å². The van der Waals surface area contributed by atoms with Gasteiger partial charge < -0.3 is 14.9 Å². The van der Waals surface area contributed by atoms with E-state index in [0.717, 1.165) is 5.69 Å². The summed E-state index contributed by atoms with van der Waals surface area (Å²) in [6.45, 7) is 3.81. The number of carboxylic acid groups (broad SMARTS) is 1. The first-order chi connectivity index (χ1) is 9.41. The Bertz CT molecular complexity index is 448. The SMILES string of the molecule is CC(C)N(CC(=O)O)C(=O)N(C)CCc1ccccn1. The Kier molecular flexibility index (Phi) is 5.96. The minimum Gasteiger partial charge on any atom is -0.480 e. The van der Waals surface area contributed by atoms with E-state index >= 15 is 0 Å². The molecule has 2 amide bonds. The highest BCUT2D eigenvalue weighted by Crippen LogP contribution is 2.05. The van der Waals surface area contributed by atoms with Gasteiger partial charge in [-0.25, -0.2) is 4.79 Å². The minimum absolute atomic E-state index is 0.157. The van der Waals surface area contributed by atoms with Crippen molar-refractivity contribution < 1.29 is 14.7 Å². The maximum atomic E-state index is 12.2. The zero-order valence-corrected chi connectivity index (χ0v) is 12.1. The molecule has 0 saturated heterocycles. The number of hydrogen-bond acceptors (Lipinski definition) is 3. The third-order valence-electron chi connectivity index (χ3n) is 2.93. The number of amides is 2. The molecule has 1 N–H and O–H groups in total. The van der Waals surface area contributed by atoms with Crippen molar-refractivity contribution in [3.05, 3.63) is 30.1 Å². The molecule has 0 bridgehead atoms. The van der Waals surface area contributed by atoms with Gasteiger partial charge in [0.05, 0.1) is 0 Å². The van der Waals surface area contributed by atoms with Crippen LogP contribution >= 0.6 is 0 Å². The van der Waals surface area contributed by atoms with Gasteiger partial charge in [0.1, 0.15) is 6.54 Å². The first-order valence-electron chi connectivity index (χ1n) is 6.55. The number of carbonyl (C=O) groups excluding carboxylic acids is 1. The lowest BCUT2D eigenvalue weighted by Crippen LogP contribution is -2.47. The lowest BCUT2D eigenvalue weighted by Gasteiger charge is -2.30. The van der Waals surface area contributed by atoms with Crippen LogP contribution < -0.4 is 0 Å². The number of aliphatic carboxylic acids is 1. The van der Waals surface area contributed by atoms with Crippen LogP contribution in [-0.2, 0) is 11.2 Å². The quantitative estimate of drug-likeness (QED) is 0.855. The number of aromatic nitrogens is 1. The molecule has 1 heterocycles. The Hall–Kier alpha value is -2.11. The monoisotopic (exact) mass is 279 g/mol. The van der Waals surface area contributed by atoms with Crippen LogP contribution in [0.25, 0.3) is 0 Å². The molecule has 0 radical (unpaired) electrons. The summed E-state index contributed by atoms with van der Waals surface area (Å²) in [5.74, 6) is -1.01. The van der Waals surface area contributed by atoms with Crippen molar-refractivity contribution in [2.24, 2.45) is 0 Å². The van der Waals surface area contributed by atoms with Crippen LogP contribution in [0.4, 0.5) is 4.79 Å². The van der Waals surface area contributed by atoms with E-state index in [1.807, 2.05) is 18.2 Å². The lowest BCUT2D eigenvalue weighted by atomic mass is 10.2. The molecular weight excluding hydrogens is 258 g/mol. The van der Waals surface area contributed by atoms with E-state index in [4.69, 9.17) is 5.11 Å². The van der Waals surface area contributed by atoms with Gasteiger partial charge in [-0.2, -0.15) is 0 Å². The summed E-state index contributed by atoms with van der Waals surface area (Å²) in [4.78, 5) is 30.1. The average molecular weight is 279 g/mol. The van der Waals surface area contributed by atoms with Gasteiger partial charge in [-0.1, -0.05) is 6.07 Å². The molecule has 0 aliphatic heterocycles. The van der Waals surface area contributed by atoms with E-state index in [1.54, 1.807) is 27.1 Å². The molecule has 0 fully saturated rings. The van der Waals surface area contributed by atoms with E-state index in [2.05, 4.69) is 4.98 Å². The predicted octanol–water partition coefficient (Wildman–Crippen LogP) is 1.47. The fraction of sp³-hybridized carbons (Fsp3) is 0.500. The van der Waals surface area contributed by atoms with E-state index in [9.17, 15) is 9.59 Å². The number of carbonyl (C=O) groups is 2. The smallest absolute Gasteiger partial charge is 0.323 e. The third kappa shape index (κ3) is 4.87. The van der Waals surface area contributed by atoms with Crippen molar-refractivity contribution >= 4 is 12.0 Å². The zero-order valence-electron chi connectivity index (χ0n) is 12.1. The van der Waals surface area contributed by atoms with E-state index in [-0.39, 0.29) is 18.6 Å². The maximum Gasteiger partial charge on any atom is 0.323 e. The van der Waals surface area contributed by atoms with Crippen molar-refractivity contribution in [2.45, 2.75) is 26.3 Å². The highest BCUT2D eigenvalue weighted by Gasteiger charge is 2.22. The molecule has 1 aromatic heterocycles. The molecule has 110 valence electrons. The second kappa shape index (κ2) is 7.47. The van der Waals surface area contributed by atoms with Crippen molar-refractivity contribution in [3.8, 4) is 0 Å². The molecule has 1 aromatic rings. The number of hydrogen-bond donors (Lipinski definition) is 1. The first kappa shape index (κ1) is 15.9. The van der Waals surface area contributed by atoms with Gasteiger partial charge in [-0.3, -0.25) is 9.78 Å². The second-order valence-corrected chi connectivity index (χ2v) is 4.89. The third-order valence-corrected chi connectivity index (χ3v) is 2.93. The molecule has 6 nitrogen and oxygen atoms in total. The molecule has 20 heavy (non-hydrogen) atoms. The highest BCUT2D eigenvalue weighted by molar-refractivity contribution is 5.80. The number of pyridine rings is 1. The molecule has 1 rings (SSSR count). The zero-order chi connectivity index (χ0) is 15.1. The predicted molar refractivity (Wildman–Crippen MR) is 75.4 cm³/mol. The Morgan fingerprint density at radius 3 is 2.55 bits per heavy atom. The van der Waals surface area contributed by atoms with Crippen LogP contribution in [0.15, 0.2) is 24.4 Å². The summed E-state index contributed by atoms with van der Waals surface area (Å²) in [6, 6.07) is 5.20. The Morgan fingerprint density at radius 2 is 2.05 bits per heavy atom. The summed E-state index contributed by atoms with van der Waals surface area (Å²) in [5, 5.41) is 8.85. The van der Waals surface area contributed by atoms with Crippen molar-refractivity contribution in [3.63, 3.8) is 0 Å². The average Bonchev–Trinajstić information content (AvgIpc) is 2.42. The molecule has 6 heteroatoms. The van der Waals surface area contributed by atoms with Gasteiger partial charge in [0.25, 0.3) is 0 Å². The number of urea groups is 1. The lowest BCUT2D eigenvalue weighted by molar-refractivity contribution is -0.138. The van der Waals surface area contributed by atoms with Gasteiger partial charge in [0.2, 0.25) is 0 Å². The molecule has 0 aliphatic rings. The van der Waals surface area contributed by atoms with Crippen LogP contribution in [0.2, 0.25) is 0 Å². The van der Waals surface area contributed by atoms with Crippen LogP contribution in [-0.4, -0.2) is 58.1 Å². The van der Waals surface area contributed by atoms with Crippen LogP contribution in [0.1, 0.15) is 19.5 Å². The largest absolute Gasteiger partial charge is 0.480 e. The second-order valence-electron chi connectivity index (χ2n) is 4.89. The van der Waals surface area contributed by atoms with Crippen molar-refractivity contribution in [1.82, 2.24) is 14.8 Å². The van der Waals surface area contributed by atoms with Gasteiger partial charge in [0, 0.05) is 37.9 Å². The summed E-state index contributed by atoms with van der Waals surface area (Å²) in [6.07, 6.45) is 2.35. The molecule has 0 spiro atoms. The molecular formula is C14H21N3O3. The fourth-order valence-corrected chi connectivity index (χ4v) is 1.76. The standard InChI is InChI=1S/C14H21N3O3/c1-11(2)17(10-13(18)19)14(20)16(3)9-7-12-6-4-5-8-15-12/h4-6,8,11H,7,9-10H2,1-3H3,(H,18,19). The van der Waals surface area contributed by atoms with Gasteiger partial charge in [0.15, 0.2) is 0 Å². The van der Waals surface area contributed by atoms with Gasteiger partial charge >= 0.3 is 12.0 Å². The Morgan fingerprint density at radius 1 is 1.35 bits per heavy atom.